The third-order valence-corrected chi connectivity index (χ3v) is 5.53. The van der Waals surface area contributed by atoms with Gasteiger partial charge in [0.15, 0.2) is 0 Å². The zero-order chi connectivity index (χ0) is 13.2. The van der Waals surface area contributed by atoms with Gasteiger partial charge in [0.25, 0.3) is 0 Å². The smallest absolute Gasteiger partial charge is 0.308 e. The highest BCUT2D eigenvalue weighted by molar-refractivity contribution is 5.73. The predicted molar refractivity (Wildman–Crippen MR) is 64.7 cm³/mol. The van der Waals surface area contributed by atoms with Crippen molar-refractivity contribution in [2.75, 3.05) is 7.11 Å². The van der Waals surface area contributed by atoms with Crippen molar-refractivity contribution in [1.29, 1.82) is 0 Å². The van der Waals surface area contributed by atoms with E-state index in [1.54, 1.807) is 0 Å². The lowest BCUT2D eigenvalue weighted by Crippen LogP contribution is -2.65. The highest BCUT2D eigenvalue weighted by Crippen LogP contribution is 2.65. The van der Waals surface area contributed by atoms with Gasteiger partial charge in [-0.15, -0.1) is 0 Å². The Hall–Kier alpha value is -0.610. The van der Waals surface area contributed by atoms with Crippen molar-refractivity contribution in [3.63, 3.8) is 0 Å². The van der Waals surface area contributed by atoms with Crippen LogP contribution in [0.15, 0.2) is 0 Å². The van der Waals surface area contributed by atoms with Crippen LogP contribution in [0.3, 0.4) is 0 Å². The maximum Gasteiger partial charge on any atom is 0.308 e. The molecule has 18 heavy (non-hydrogen) atoms. The van der Waals surface area contributed by atoms with Crippen LogP contribution in [0.5, 0.6) is 0 Å². The second kappa shape index (κ2) is 3.48. The number of carbonyl (C=O) groups is 1. The van der Waals surface area contributed by atoms with Gasteiger partial charge in [0.05, 0.1) is 24.2 Å². The first-order valence-electron chi connectivity index (χ1n) is 6.83. The highest BCUT2D eigenvalue weighted by Gasteiger charge is 2.64. The molecule has 4 nitrogen and oxygen atoms in total. The molecule has 0 saturated heterocycles. The first-order chi connectivity index (χ1) is 8.30. The van der Waals surface area contributed by atoms with Crippen molar-refractivity contribution in [3.05, 3.63) is 0 Å². The van der Waals surface area contributed by atoms with Gasteiger partial charge in [0, 0.05) is 6.42 Å². The largest absolute Gasteiger partial charge is 0.469 e. The Kier molecular flexibility index (Phi) is 2.40. The molecule has 0 heterocycles. The molecule has 0 amide bonds. The summed E-state index contributed by atoms with van der Waals surface area (Å²) in [7, 11) is 1.41. The number of ether oxygens (including phenoxy) is 1. The van der Waals surface area contributed by atoms with Crippen LogP contribution >= 0.6 is 0 Å². The van der Waals surface area contributed by atoms with Crippen LogP contribution in [-0.2, 0) is 9.53 Å². The zero-order valence-electron chi connectivity index (χ0n) is 11.1. The molecular formula is C14H22O4. The molecule has 0 aromatic rings. The van der Waals surface area contributed by atoms with Crippen molar-refractivity contribution < 1.29 is 19.7 Å². The lowest BCUT2D eigenvalue weighted by atomic mass is 9.44. The van der Waals surface area contributed by atoms with E-state index in [2.05, 4.69) is 0 Å². The molecule has 0 spiro atoms. The van der Waals surface area contributed by atoms with E-state index < -0.39 is 11.2 Å². The molecule has 0 aliphatic heterocycles. The SMILES string of the molecule is COC(=O)[C@@H](C)C12CC3CC(O)(CC(O)(C3)C1)C2. The average Bonchev–Trinajstić information content (AvgIpc) is 2.22. The molecule has 3 atom stereocenters. The van der Waals surface area contributed by atoms with Gasteiger partial charge in [-0.05, 0) is 43.4 Å². The number of esters is 1. The summed E-state index contributed by atoms with van der Waals surface area (Å²) in [4.78, 5) is 11.9. The zero-order valence-corrected chi connectivity index (χ0v) is 11.1. The van der Waals surface area contributed by atoms with Crippen LogP contribution in [0.4, 0.5) is 0 Å². The summed E-state index contributed by atoms with van der Waals surface area (Å²) in [6.07, 6.45) is 4.25. The second-order valence-corrected chi connectivity index (χ2v) is 7.06. The maximum absolute atomic E-state index is 11.9. The van der Waals surface area contributed by atoms with Crippen LogP contribution in [0.2, 0.25) is 0 Å². The molecule has 4 rings (SSSR count). The summed E-state index contributed by atoms with van der Waals surface area (Å²) in [6.45, 7) is 1.88. The number of rotatable bonds is 2. The van der Waals surface area contributed by atoms with Gasteiger partial charge < -0.3 is 14.9 Å². The minimum Gasteiger partial charge on any atom is -0.469 e. The monoisotopic (exact) mass is 254 g/mol. The van der Waals surface area contributed by atoms with Crippen molar-refractivity contribution in [3.8, 4) is 0 Å². The third kappa shape index (κ3) is 1.62. The molecule has 0 aromatic carbocycles. The molecule has 2 unspecified atom stereocenters. The molecule has 0 radical (unpaired) electrons. The second-order valence-electron chi connectivity index (χ2n) is 7.06. The maximum atomic E-state index is 11.9. The summed E-state index contributed by atoms with van der Waals surface area (Å²) in [5, 5.41) is 21.2. The lowest BCUT2D eigenvalue weighted by Gasteiger charge is -2.64. The molecule has 2 N–H and O–H groups in total. The standard InChI is InChI=1S/C14H22O4/c1-9(11(15)18-2)12-3-10-4-13(16,6-12)8-14(17,5-10)7-12/h9-10,16-17H,3-8H2,1-2H3/t9-,10?,12?,13?,14?/m1/s1. The number of methoxy groups -OCH3 is 1. The summed E-state index contributed by atoms with van der Waals surface area (Å²) in [5.41, 5.74) is -1.80. The minimum atomic E-state index is -0.767. The van der Waals surface area contributed by atoms with Gasteiger partial charge in [-0.3, -0.25) is 4.79 Å². The lowest BCUT2D eigenvalue weighted by molar-refractivity contribution is -0.242. The van der Waals surface area contributed by atoms with Crippen molar-refractivity contribution in [2.45, 2.75) is 56.7 Å². The summed E-state index contributed by atoms with van der Waals surface area (Å²) < 4.78 is 4.87. The van der Waals surface area contributed by atoms with E-state index in [0.717, 1.165) is 19.3 Å². The first-order valence-corrected chi connectivity index (χ1v) is 6.83. The summed E-state index contributed by atoms with van der Waals surface area (Å²) >= 11 is 0. The van der Waals surface area contributed by atoms with Crippen LogP contribution in [0.1, 0.15) is 45.4 Å². The molecule has 4 bridgehead atoms. The Morgan fingerprint density at radius 2 is 1.72 bits per heavy atom. The molecule has 4 aliphatic carbocycles. The van der Waals surface area contributed by atoms with E-state index >= 15 is 0 Å². The van der Waals surface area contributed by atoms with Crippen LogP contribution in [-0.4, -0.2) is 34.5 Å². The number of aliphatic hydroxyl groups is 2. The Morgan fingerprint density at radius 3 is 2.17 bits per heavy atom. The van der Waals surface area contributed by atoms with Crippen molar-refractivity contribution >= 4 is 5.97 Å². The van der Waals surface area contributed by atoms with Gasteiger partial charge in [0.1, 0.15) is 0 Å². The van der Waals surface area contributed by atoms with E-state index in [1.165, 1.54) is 7.11 Å². The molecule has 102 valence electrons. The molecular weight excluding hydrogens is 232 g/mol. The Balaban J connectivity index is 1.96. The van der Waals surface area contributed by atoms with Gasteiger partial charge in [0.2, 0.25) is 0 Å². The van der Waals surface area contributed by atoms with Gasteiger partial charge in [-0.1, -0.05) is 6.92 Å². The van der Waals surface area contributed by atoms with Crippen LogP contribution < -0.4 is 0 Å². The van der Waals surface area contributed by atoms with E-state index in [0.29, 0.717) is 25.2 Å². The van der Waals surface area contributed by atoms with Crippen molar-refractivity contribution in [1.82, 2.24) is 0 Å². The van der Waals surface area contributed by atoms with Gasteiger partial charge in [-0.2, -0.15) is 0 Å². The molecule has 4 saturated carbocycles. The van der Waals surface area contributed by atoms with Gasteiger partial charge in [-0.25, -0.2) is 0 Å². The molecule has 4 fully saturated rings. The van der Waals surface area contributed by atoms with E-state index in [4.69, 9.17) is 4.74 Å². The predicted octanol–water partition coefficient (Wildman–Crippen LogP) is 1.24. The fourth-order valence-electron chi connectivity index (χ4n) is 5.32. The number of carbonyl (C=O) groups excluding carboxylic acids is 1. The fourth-order valence-corrected chi connectivity index (χ4v) is 5.32. The molecule has 4 aliphatic rings. The third-order valence-electron chi connectivity index (χ3n) is 5.53. The normalized spacial score (nSPS) is 51.2. The Bertz CT molecular complexity index is 373. The summed E-state index contributed by atoms with van der Waals surface area (Å²) in [6, 6.07) is 0. The Morgan fingerprint density at radius 1 is 1.17 bits per heavy atom. The number of hydrogen-bond acceptors (Lipinski definition) is 4. The molecule has 4 heteroatoms. The quantitative estimate of drug-likeness (QED) is 0.728. The van der Waals surface area contributed by atoms with E-state index in [1.807, 2.05) is 6.92 Å². The van der Waals surface area contributed by atoms with E-state index in [-0.39, 0.29) is 17.3 Å². The number of hydrogen-bond donors (Lipinski definition) is 2. The highest BCUT2D eigenvalue weighted by atomic mass is 16.5. The average molecular weight is 254 g/mol. The van der Waals surface area contributed by atoms with Gasteiger partial charge >= 0.3 is 5.97 Å². The molecule has 0 aromatic heterocycles. The van der Waals surface area contributed by atoms with Crippen LogP contribution in [0.25, 0.3) is 0 Å². The fraction of sp³-hybridized carbons (Fsp3) is 0.929. The Labute approximate surface area is 107 Å². The van der Waals surface area contributed by atoms with E-state index in [9.17, 15) is 15.0 Å². The topological polar surface area (TPSA) is 66.8 Å². The van der Waals surface area contributed by atoms with Crippen molar-refractivity contribution in [2.24, 2.45) is 17.3 Å². The first kappa shape index (κ1) is 12.4. The minimum absolute atomic E-state index is 0.218. The summed E-state index contributed by atoms with van der Waals surface area (Å²) in [5.74, 6) is -0.114. The van der Waals surface area contributed by atoms with Crippen LogP contribution in [0, 0.1) is 17.3 Å².